The lowest BCUT2D eigenvalue weighted by atomic mass is 10.1. The molecule has 2 amide bonds. The minimum absolute atomic E-state index is 0.0888. The first-order chi connectivity index (χ1) is 14.5. The fourth-order valence-electron chi connectivity index (χ4n) is 3.70. The molecule has 0 bridgehead atoms. The van der Waals surface area contributed by atoms with Crippen molar-refractivity contribution < 1.29 is 14.3 Å². The van der Waals surface area contributed by atoms with E-state index in [1.165, 1.54) is 0 Å². The van der Waals surface area contributed by atoms with Crippen LogP contribution in [0, 0.1) is 5.92 Å². The molecule has 0 spiro atoms. The molecule has 0 radical (unpaired) electrons. The number of fused-ring (bicyclic) bond motifs is 1. The predicted molar refractivity (Wildman–Crippen MR) is 115 cm³/mol. The van der Waals surface area contributed by atoms with Crippen LogP contribution in [-0.4, -0.2) is 39.7 Å². The van der Waals surface area contributed by atoms with Crippen LogP contribution in [0.4, 0.5) is 11.4 Å². The summed E-state index contributed by atoms with van der Waals surface area (Å²) in [7, 11) is 0. The van der Waals surface area contributed by atoms with E-state index in [1.54, 1.807) is 17.3 Å². The number of nitrogens with one attached hydrogen (secondary N) is 1. The molecule has 8 nitrogen and oxygen atoms in total. The van der Waals surface area contributed by atoms with E-state index in [1.807, 2.05) is 55.8 Å². The molecule has 1 atom stereocenters. The van der Waals surface area contributed by atoms with Gasteiger partial charge < -0.3 is 15.0 Å². The van der Waals surface area contributed by atoms with Gasteiger partial charge in [0.2, 0.25) is 11.8 Å². The van der Waals surface area contributed by atoms with Crippen LogP contribution < -0.4 is 15.0 Å². The minimum atomic E-state index is -0.443. The molecule has 0 unspecified atom stereocenters. The highest BCUT2D eigenvalue weighted by molar-refractivity contribution is 6.04. The largest absolute Gasteiger partial charge is 0.492 e. The van der Waals surface area contributed by atoms with Gasteiger partial charge in [0.15, 0.2) is 5.65 Å². The molecule has 0 saturated carbocycles. The Bertz CT molecular complexity index is 1090. The van der Waals surface area contributed by atoms with E-state index in [4.69, 9.17) is 4.74 Å². The lowest BCUT2D eigenvalue weighted by Crippen LogP contribution is -2.28. The lowest BCUT2D eigenvalue weighted by Gasteiger charge is -2.20. The highest BCUT2D eigenvalue weighted by Gasteiger charge is 2.36. The summed E-state index contributed by atoms with van der Waals surface area (Å²) in [6.45, 7) is 6.79. The molecule has 1 aliphatic heterocycles. The quantitative estimate of drug-likeness (QED) is 0.676. The molecule has 1 fully saturated rings. The molecule has 30 heavy (non-hydrogen) atoms. The topological polar surface area (TPSA) is 89.3 Å². The van der Waals surface area contributed by atoms with Gasteiger partial charge in [0.1, 0.15) is 5.75 Å². The van der Waals surface area contributed by atoms with E-state index in [2.05, 4.69) is 15.4 Å². The lowest BCUT2D eigenvalue weighted by molar-refractivity contribution is -0.122. The van der Waals surface area contributed by atoms with Crippen molar-refractivity contribution in [3.05, 3.63) is 42.7 Å². The summed E-state index contributed by atoms with van der Waals surface area (Å²) in [5, 5.41) is 8.10. The Morgan fingerprint density at radius 2 is 2.10 bits per heavy atom. The molecule has 3 heterocycles. The van der Waals surface area contributed by atoms with Gasteiger partial charge in [0, 0.05) is 24.4 Å². The first-order valence-corrected chi connectivity index (χ1v) is 10.1. The van der Waals surface area contributed by atoms with Crippen molar-refractivity contribution in [1.29, 1.82) is 0 Å². The second kappa shape index (κ2) is 8.14. The highest BCUT2D eigenvalue weighted by Crippen LogP contribution is 2.33. The third-order valence-electron chi connectivity index (χ3n) is 5.14. The first-order valence-electron chi connectivity index (χ1n) is 10.1. The van der Waals surface area contributed by atoms with E-state index in [-0.39, 0.29) is 24.3 Å². The summed E-state index contributed by atoms with van der Waals surface area (Å²) in [5.41, 5.74) is 2.07. The van der Waals surface area contributed by atoms with Crippen LogP contribution in [0.1, 0.15) is 33.2 Å². The number of ether oxygens (including phenoxy) is 1. The van der Waals surface area contributed by atoms with Crippen molar-refractivity contribution in [1.82, 2.24) is 14.8 Å². The summed E-state index contributed by atoms with van der Waals surface area (Å²) in [4.78, 5) is 31.5. The zero-order valence-corrected chi connectivity index (χ0v) is 17.3. The molecule has 1 N–H and O–H groups in total. The first kappa shape index (κ1) is 19.9. The van der Waals surface area contributed by atoms with Gasteiger partial charge in [-0.2, -0.15) is 5.10 Å². The molecule has 1 aromatic carbocycles. The summed E-state index contributed by atoms with van der Waals surface area (Å²) in [6.07, 6.45) is 3.52. The van der Waals surface area contributed by atoms with E-state index >= 15 is 0 Å². The van der Waals surface area contributed by atoms with Crippen molar-refractivity contribution >= 4 is 34.2 Å². The van der Waals surface area contributed by atoms with Gasteiger partial charge >= 0.3 is 0 Å². The Morgan fingerprint density at radius 3 is 2.87 bits per heavy atom. The van der Waals surface area contributed by atoms with Crippen molar-refractivity contribution in [3.8, 4) is 5.75 Å². The Balaban J connectivity index is 1.48. The number of para-hydroxylation sites is 2. The maximum absolute atomic E-state index is 12.8. The summed E-state index contributed by atoms with van der Waals surface area (Å²) in [6, 6.07) is 9.45. The standard InChI is InChI=1S/C22H25N5O3/c1-4-30-19-8-6-5-7-18(19)26-13-16(10-20(26)28)22(29)25-17-9-15-11-24-27(14(2)3)21(15)23-12-17/h5-9,11-12,14,16H,4,10,13H2,1-3H3,(H,25,29)/t16-/m0/s1. The number of anilines is 2. The van der Waals surface area contributed by atoms with Gasteiger partial charge in [0.25, 0.3) is 0 Å². The van der Waals surface area contributed by atoms with Gasteiger partial charge in [0.05, 0.1) is 36.3 Å². The number of hydrogen-bond acceptors (Lipinski definition) is 5. The number of nitrogens with zero attached hydrogens (tertiary/aromatic N) is 4. The van der Waals surface area contributed by atoms with Gasteiger partial charge in [-0.05, 0) is 39.0 Å². The second-order valence-electron chi connectivity index (χ2n) is 7.62. The Kier molecular flexibility index (Phi) is 5.39. The van der Waals surface area contributed by atoms with Gasteiger partial charge in [-0.15, -0.1) is 0 Å². The van der Waals surface area contributed by atoms with E-state index in [9.17, 15) is 9.59 Å². The molecule has 0 aliphatic carbocycles. The molecular weight excluding hydrogens is 382 g/mol. The van der Waals surface area contributed by atoms with Crippen LogP contribution in [0.5, 0.6) is 5.75 Å². The molecule has 8 heteroatoms. The molecule has 1 saturated heterocycles. The zero-order chi connectivity index (χ0) is 21.3. The summed E-state index contributed by atoms with van der Waals surface area (Å²) < 4.78 is 7.48. The van der Waals surface area contributed by atoms with Gasteiger partial charge in [-0.3, -0.25) is 9.59 Å². The van der Waals surface area contributed by atoms with Gasteiger partial charge in [-0.25, -0.2) is 9.67 Å². The van der Waals surface area contributed by atoms with Crippen LogP contribution in [0.3, 0.4) is 0 Å². The van der Waals surface area contributed by atoms with Crippen LogP contribution in [0.2, 0.25) is 0 Å². The van der Waals surface area contributed by atoms with Gasteiger partial charge in [-0.1, -0.05) is 12.1 Å². The third kappa shape index (κ3) is 3.72. The van der Waals surface area contributed by atoms with Crippen molar-refractivity contribution in [2.24, 2.45) is 5.92 Å². The predicted octanol–water partition coefficient (Wildman–Crippen LogP) is 3.40. The summed E-state index contributed by atoms with van der Waals surface area (Å²) in [5.74, 6) is -0.0845. The highest BCUT2D eigenvalue weighted by atomic mass is 16.5. The van der Waals surface area contributed by atoms with Crippen LogP contribution in [-0.2, 0) is 9.59 Å². The minimum Gasteiger partial charge on any atom is -0.492 e. The Morgan fingerprint density at radius 1 is 1.30 bits per heavy atom. The monoisotopic (exact) mass is 407 g/mol. The second-order valence-corrected chi connectivity index (χ2v) is 7.62. The molecule has 3 aromatic rings. The number of carbonyl (C=O) groups is 2. The number of hydrogen-bond donors (Lipinski definition) is 1. The number of carbonyl (C=O) groups excluding carboxylic acids is 2. The van der Waals surface area contributed by atoms with Crippen molar-refractivity contribution in [2.45, 2.75) is 33.2 Å². The Hall–Kier alpha value is -3.42. The van der Waals surface area contributed by atoms with Crippen molar-refractivity contribution in [2.75, 3.05) is 23.4 Å². The average molecular weight is 407 g/mol. The Labute approximate surface area is 174 Å². The van der Waals surface area contributed by atoms with Crippen LogP contribution >= 0.6 is 0 Å². The fraction of sp³-hybridized carbons (Fsp3) is 0.364. The molecule has 156 valence electrons. The van der Waals surface area contributed by atoms with Crippen molar-refractivity contribution in [3.63, 3.8) is 0 Å². The fourth-order valence-corrected chi connectivity index (χ4v) is 3.70. The molecule has 4 rings (SSSR count). The average Bonchev–Trinajstić information content (AvgIpc) is 3.32. The van der Waals surface area contributed by atoms with E-state index in [0.29, 0.717) is 30.3 Å². The smallest absolute Gasteiger partial charge is 0.229 e. The third-order valence-corrected chi connectivity index (χ3v) is 5.14. The van der Waals surface area contributed by atoms with E-state index < -0.39 is 5.92 Å². The number of rotatable bonds is 6. The van der Waals surface area contributed by atoms with E-state index in [0.717, 1.165) is 11.0 Å². The number of aromatic nitrogens is 3. The molecule has 1 aliphatic rings. The molecule has 2 aromatic heterocycles. The maximum Gasteiger partial charge on any atom is 0.229 e. The van der Waals surface area contributed by atoms with Crippen LogP contribution in [0.25, 0.3) is 11.0 Å². The summed E-state index contributed by atoms with van der Waals surface area (Å²) >= 11 is 0. The molecular formula is C22H25N5O3. The van der Waals surface area contributed by atoms with Crippen LogP contribution in [0.15, 0.2) is 42.7 Å². The number of pyridine rings is 1. The maximum atomic E-state index is 12.8. The normalized spacial score (nSPS) is 16.5. The number of benzene rings is 1. The number of amides is 2. The SMILES string of the molecule is CCOc1ccccc1N1C[C@@H](C(=O)Nc2cnc3c(cnn3C(C)C)c2)CC1=O. The zero-order valence-electron chi connectivity index (χ0n) is 17.3.